The summed E-state index contributed by atoms with van der Waals surface area (Å²) in [5.41, 5.74) is 6.15. The lowest BCUT2D eigenvalue weighted by atomic mass is 9.71. The molecular weight excluding hydrogens is 256 g/mol. The number of hydrogen-bond donors (Lipinski definition) is 0. The number of rotatable bonds is 0. The van der Waals surface area contributed by atoms with Crippen molar-refractivity contribution in [3.8, 4) is 0 Å². The third-order valence-electron chi connectivity index (χ3n) is 5.08. The Morgan fingerprint density at radius 1 is 0.714 bits per heavy atom. The fourth-order valence-corrected chi connectivity index (χ4v) is 4.39. The number of anilines is 2. The molecule has 0 saturated heterocycles. The molecule has 0 saturated carbocycles. The Bertz CT molecular complexity index is 617. The van der Waals surface area contributed by atoms with Gasteiger partial charge < -0.3 is 9.80 Å². The van der Waals surface area contributed by atoms with Gasteiger partial charge in [0.05, 0.1) is 0 Å². The van der Waals surface area contributed by atoms with E-state index in [0.717, 1.165) is 13.1 Å². The molecule has 2 aromatic carbocycles. The number of hydrogen-bond acceptors (Lipinski definition) is 2. The summed E-state index contributed by atoms with van der Waals surface area (Å²) in [5.74, 6) is 0. The van der Waals surface area contributed by atoms with E-state index in [-0.39, 0.29) is 0 Å². The fourth-order valence-electron chi connectivity index (χ4n) is 4.39. The fraction of sp³-hybridized carbons (Fsp3) is 0.368. The zero-order valence-corrected chi connectivity index (χ0v) is 12.8. The van der Waals surface area contributed by atoms with Crippen LogP contribution in [0.5, 0.6) is 0 Å². The van der Waals surface area contributed by atoms with E-state index in [0.29, 0.717) is 5.41 Å². The molecule has 0 fully saturated rings. The Balaban J connectivity index is 1.75. The van der Waals surface area contributed by atoms with E-state index in [1.807, 2.05) is 0 Å². The highest BCUT2D eigenvalue weighted by Crippen LogP contribution is 2.43. The minimum absolute atomic E-state index is 0.339. The Hall–Kier alpha value is -1.96. The van der Waals surface area contributed by atoms with Crippen LogP contribution < -0.4 is 9.80 Å². The number of fused-ring (bicyclic) bond motifs is 2. The molecule has 4 rings (SSSR count). The standard InChI is InChI=1S/C19H22N2/c1-20-13-19(11-15-7-3-5-9-17(15)20)12-16-8-4-6-10-18(16)21(2)14-19/h3-10H,11-14H2,1-2H3. The molecule has 2 aliphatic rings. The molecular formula is C19H22N2. The van der Waals surface area contributed by atoms with Crippen LogP contribution in [0.1, 0.15) is 11.1 Å². The van der Waals surface area contributed by atoms with E-state index in [9.17, 15) is 0 Å². The zero-order valence-electron chi connectivity index (χ0n) is 12.8. The molecule has 2 aliphatic heterocycles. The van der Waals surface area contributed by atoms with Crippen molar-refractivity contribution in [2.45, 2.75) is 12.8 Å². The predicted octanol–water partition coefficient (Wildman–Crippen LogP) is 3.36. The first-order valence-corrected chi connectivity index (χ1v) is 7.75. The minimum Gasteiger partial charge on any atom is -0.374 e. The maximum atomic E-state index is 2.45. The summed E-state index contributed by atoms with van der Waals surface area (Å²) in [7, 11) is 4.47. The lowest BCUT2D eigenvalue weighted by molar-refractivity contribution is 0.274. The molecule has 1 spiro atoms. The van der Waals surface area contributed by atoms with E-state index in [2.05, 4.69) is 72.4 Å². The molecule has 2 heterocycles. The van der Waals surface area contributed by atoms with Gasteiger partial charge in [0.2, 0.25) is 0 Å². The summed E-state index contributed by atoms with van der Waals surface area (Å²) in [4.78, 5) is 4.89. The van der Waals surface area contributed by atoms with Crippen molar-refractivity contribution in [3.63, 3.8) is 0 Å². The number of benzene rings is 2. The Morgan fingerprint density at radius 2 is 1.14 bits per heavy atom. The first kappa shape index (κ1) is 12.8. The molecule has 0 N–H and O–H groups in total. The Labute approximate surface area is 127 Å². The van der Waals surface area contributed by atoms with Gasteiger partial charge >= 0.3 is 0 Å². The van der Waals surface area contributed by atoms with Crippen LogP contribution in [-0.2, 0) is 12.8 Å². The molecule has 108 valence electrons. The van der Waals surface area contributed by atoms with Crippen molar-refractivity contribution in [3.05, 3.63) is 59.7 Å². The maximum Gasteiger partial charge on any atom is 0.0396 e. The molecule has 0 aromatic heterocycles. The van der Waals surface area contributed by atoms with Gasteiger partial charge in [-0.1, -0.05) is 36.4 Å². The predicted molar refractivity (Wildman–Crippen MR) is 89.3 cm³/mol. The summed E-state index contributed by atoms with van der Waals surface area (Å²) < 4.78 is 0. The average molecular weight is 278 g/mol. The molecule has 2 nitrogen and oxygen atoms in total. The molecule has 0 bridgehead atoms. The number of nitrogens with zero attached hydrogens (tertiary/aromatic N) is 2. The van der Waals surface area contributed by atoms with Crippen LogP contribution in [0.15, 0.2) is 48.5 Å². The molecule has 2 aromatic rings. The van der Waals surface area contributed by atoms with Crippen LogP contribution in [0.25, 0.3) is 0 Å². The second-order valence-electron chi connectivity index (χ2n) is 6.82. The summed E-state index contributed by atoms with van der Waals surface area (Å²) in [6, 6.07) is 17.7. The maximum absolute atomic E-state index is 2.45. The normalized spacial score (nSPS) is 19.3. The highest BCUT2D eigenvalue weighted by atomic mass is 15.2. The quantitative estimate of drug-likeness (QED) is 0.729. The van der Waals surface area contributed by atoms with Crippen molar-refractivity contribution in [2.75, 3.05) is 37.0 Å². The van der Waals surface area contributed by atoms with Crippen molar-refractivity contribution in [1.82, 2.24) is 0 Å². The van der Waals surface area contributed by atoms with E-state index < -0.39 is 0 Å². The average Bonchev–Trinajstić information content (AvgIpc) is 2.47. The zero-order chi connectivity index (χ0) is 14.4. The summed E-state index contributed by atoms with van der Waals surface area (Å²) in [5, 5.41) is 0. The largest absolute Gasteiger partial charge is 0.374 e. The lowest BCUT2D eigenvalue weighted by Crippen LogP contribution is -2.52. The first-order valence-electron chi connectivity index (χ1n) is 7.75. The van der Waals surface area contributed by atoms with Gasteiger partial charge in [-0.2, -0.15) is 0 Å². The van der Waals surface area contributed by atoms with E-state index in [1.165, 1.54) is 35.3 Å². The van der Waals surface area contributed by atoms with Gasteiger partial charge in [0, 0.05) is 44.0 Å². The summed E-state index contributed by atoms with van der Waals surface area (Å²) in [6.45, 7) is 2.28. The molecule has 0 amide bonds. The van der Waals surface area contributed by atoms with Gasteiger partial charge in [0.25, 0.3) is 0 Å². The van der Waals surface area contributed by atoms with Gasteiger partial charge in [-0.05, 0) is 36.1 Å². The highest BCUT2D eigenvalue weighted by Gasteiger charge is 2.41. The van der Waals surface area contributed by atoms with Crippen molar-refractivity contribution < 1.29 is 0 Å². The molecule has 21 heavy (non-hydrogen) atoms. The SMILES string of the molecule is CN1CC2(Cc3ccccc31)Cc1ccccc1N(C)C2. The Morgan fingerprint density at radius 3 is 1.62 bits per heavy atom. The van der Waals surface area contributed by atoms with Crippen molar-refractivity contribution in [2.24, 2.45) is 5.41 Å². The molecule has 2 heteroatoms. The topological polar surface area (TPSA) is 6.48 Å². The van der Waals surface area contributed by atoms with Crippen LogP contribution in [0.4, 0.5) is 11.4 Å². The van der Waals surface area contributed by atoms with Crippen molar-refractivity contribution in [1.29, 1.82) is 0 Å². The molecule has 0 atom stereocenters. The second-order valence-corrected chi connectivity index (χ2v) is 6.82. The molecule has 0 radical (unpaired) electrons. The van der Waals surface area contributed by atoms with Gasteiger partial charge in [-0.25, -0.2) is 0 Å². The lowest BCUT2D eigenvalue weighted by Gasteiger charge is -2.49. The van der Waals surface area contributed by atoms with Gasteiger partial charge in [0.1, 0.15) is 0 Å². The number of para-hydroxylation sites is 2. The van der Waals surface area contributed by atoms with Crippen LogP contribution in [0.3, 0.4) is 0 Å². The van der Waals surface area contributed by atoms with Crippen LogP contribution in [0, 0.1) is 5.41 Å². The summed E-state index contributed by atoms with van der Waals surface area (Å²) >= 11 is 0. The monoisotopic (exact) mass is 278 g/mol. The molecule has 0 aliphatic carbocycles. The second kappa shape index (κ2) is 4.52. The third kappa shape index (κ3) is 2.01. The third-order valence-corrected chi connectivity index (χ3v) is 5.08. The van der Waals surface area contributed by atoms with Crippen molar-refractivity contribution >= 4 is 11.4 Å². The minimum atomic E-state index is 0.339. The highest BCUT2D eigenvalue weighted by molar-refractivity contribution is 5.60. The van der Waals surface area contributed by atoms with Gasteiger partial charge in [0.15, 0.2) is 0 Å². The van der Waals surface area contributed by atoms with E-state index >= 15 is 0 Å². The van der Waals surface area contributed by atoms with Crippen LogP contribution in [0.2, 0.25) is 0 Å². The van der Waals surface area contributed by atoms with Gasteiger partial charge in [-0.3, -0.25) is 0 Å². The Kier molecular flexibility index (Phi) is 2.75. The van der Waals surface area contributed by atoms with E-state index in [1.54, 1.807) is 0 Å². The van der Waals surface area contributed by atoms with Gasteiger partial charge in [-0.15, -0.1) is 0 Å². The smallest absolute Gasteiger partial charge is 0.0396 e. The van der Waals surface area contributed by atoms with Crippen LogP contribution >= 0.6 is 0 Å². The molecule has 0 unspecified atom stereocenters. The summed E-state index contributed by atoms with van der Waals surface area (Å²) in [6.07, 6.45) is 2.37. The van der Waals surface area contributed by atoms with E-state index in [4.69, 9.17) is 0 Å². The first-order chi connectivity index (χ1) is 10.2. The van der Waals surface area contributed by atoms with Crippen LogP contribution in [-0.4, -0.2) is 27.2 Å².